The molecule has 0 saturated carbocycles. The van der Waals surface area contributed by atoms with Crippen LogP contribution < -0.4 is 10.1 Å². The van der Waals surface area contributed by atoms with E-state index in [1.165, 1.54) is 0 Å². The van der Waals surface area contributed by atoms with Crippen molar-refractivity contribution in [1.82, 2.24) is 14.5 Å². The Morgan fingerprint density at radius 1 is 1.16 bits per heavy atom. The molecule has 6 heteroatoms. The summed E-state index contributed by atoms with van der Waals surface area (Å²) < 4.78 is 7.09. The van der Waals surface area contributed by atoms with E-state index in [2.05, 4.69) is 15.3 Å². The first-order chi connectivity index (χ1) is 12.1. The number of methoxy groups -OCH3 is 1. The predicted molar refractivity (Wildman–Crippen MR) is 96.2 cm³/mol. The molecule has 25 heavy (non-hydrogen) atoms. The van der Waals surface area contributed by atoms with Gasteiger partial charge in [-0.15, -0.1) is 0 Å². The van der Waals surface area contributed by atoms with E-state index >= 15 is 0 Å². The largest absolute Gasteiger partial charge is 0.481 e. The first-order valence-electron chi connectivity index (χ1n) is 7.97. The zero-order valence-electron chi connectivity index (χ0n) is 14.5. The Morgan fingerprint density at radius 2 is 1.92 bits per heavy atom. The Balaban J connectivity index is 1.66. The molecule has 128 valence electrons. The van der Waals surface area contributed by atoms with Crippen LogP contribution in [-0.2, 0) is 11.2 Å². The highest BCUT2D eigenvalue weighted by atomic mass is 16.5. The number of carbonyl (C=O) groups is 1. The highest BCUT2D eigenvalue weighted by Crippen LogP contribution is 2.17. The monoisotopic (exact) mass is 336 g/mol. The number of benzene rings is 1. The van der Waals surface area contributed by atoms with E-state index in [0.29, 0.717) is 11.6 Å². The standard InChI is InChI=1S/C19H20N4O2/c1-13-14(2)23(12-20-13)17-9-7-15(8-10-17)21-18(24)11-16-5-4-6-19(22-16)25-3/h4-10,12H,11H2,1-3H3,(H,21,24). The molecule has 0 spiro atoms. The third-order valence-corrected chi connectivity index (χ3v) is 4.01. The summed E-state index contributed by atoms with van der Waals surface area (Å²) in [6, 6.07) is 13.0. The fourth-order valence-electron chi connectivity index (χ4n) is 2.50. The van der Waals surface area contributed by atoms with Gasteiger partial charge >= 0.3 is 0 Å². The lowest BCUT2D eigenvalue weighted by Gasteiger charge is -2.09. The van der Waals surface area contributed by atoms with Crippen LogP contribution in [0.4, 0.5) is 5.69 Å². The SMILES string of the molecule is COc1cccc(CC(=O)Nc2ccc(-n3cnc(C)c3C)cc2)n1. The average Bonchev–Trinajstić information content (AvgIpc) is 2.95. The third kappa shape index (κ3) is 3.85. The molecule has 6 nitrogen and oxygen atoms in total. The Bertz CT molecular complexity index is 885. The smallest absolute Gasteiger partial charge is 0.230 e. The number of ether oxygens (including phenoxy) is 1. The van der Waals surface area contributed by atoms with Gasteiger partial charge in [0, 0.05) is 23.1 Å². The van der Waals surface area contributed by atoms with Crippen molar-refractivity contribution in [3.8, 4) is 11.6 Å². The first kappa shape index (κ1) is 16.7. The van der Waals surface area contributed by atoms with Crippen LogP contribution in [-0.4, -0.2) is 27.6 Å². The van der Waals surface area contributed by atoms with Crippen molar-refractivity contribution in [2.75, 3.05) is 12.4 Å². The molecule has 0 aliphatic rings. The van der Waals surface area contributed by atoms with E-state index in [4.69, 9.17) is 4.74 Å². The Morgan fingerprint density at radius 3 is 2.56 bits per heavy atom. The van der Waals surface area contributed by atoms with E-state index < -0.39 is 0 Å². The van der Waals surface area contributed by atoms with Crippen LogP contribution in [0.3, 0.4) is 0 Å². The minimum atomic E-state index is -0.122. The summed E-state index contributed by atoms with van der Waals surface area (Å²) in [4.78, 5) is 20.7. The van der Waals surface area contributed by atoms with Gasteiger partial charge in [0.15, 0.2) is 0 Å². The number of carbonyl (C=O) groups excluding carboxylic acids is 1. The van der Waals surface area contributed by atoms with Gasteiger partial charge in [0.1, 0.15) is 0 Å². The predicted octanol–water partition coefficient (Wildman–Crippen LogP) is 3.07. The van der Waals surface area contributed by atoms with E-state index in [-0.39, 0.29) is 12.3 Å². The number of anilines is 1. The summed E-state index contributed by atoms with van der Waals surface area (Å²) in [5.41, 5.74) is 4.51. The van der Waals surface area contributed by atoms with Gasteiger partial charge in [0.2, 0.25) is 11.8 Å². The zero-order valence-corrected chi connectivity index (χ0v) is 14.5. The van der Waals surface area contributed by atoms with Gasteiger partial charge in [-0.25, -0.2) is 9.97 Å². The van der Waals surface area contributed by atoms with Crippen LogP contribution in [0.2, 0.25) is 0 Å². The molecule has 2 heterocycles. The number of hydrogen-bond acceptors (Lipinski definition) is 4. The number of pyridine rings is 1. The quantitative estimate of drug-likeness (QED) is 0.777. The van der Waals surface area contributed by atoms with Crippen molar-refractivity contribution in [1.29, 1.82) is 0 Å². The number of rotatable bonds is 5. The molecule has 1 aromatic carbocycles. The Kier molecular flexibility index (Phi) is 4.79. The van der Waals surface area contributed by atoms with Gasteiger partial charge in [-0.3, -0.25) is 4.79 Å². The molecular weight excluding hydrogens is 316 g/mol. The lowest BCUT2D eigenvalue weighted by Crippen LogP contribution is -2.15. The van der Waals surface area contributed by atoms with Crippen molar-refractivity contribution >= 4 is 11.6 Å². The van der Waals surface area contributed by atoms with Gasteiger partial charge in [-0.05, 0) is 44.2 Å². The van der Waals surface area contributed by atoms with Crippen molar-refractivity contribution in [2.24, 2.45) is 0 Å². The molecule has 1 N–H and O–H groups in total. The molecule has 0 unspecified atom stereocenters. The fraction of sp³-hybridized carbons (Fsp3) is 0.211. The molecule has 0 aliphatic heterocycles. The molecule has 3 rings (SSSR count). The van der Waals surface area contributed by atoms with Crippen LogP contribution in [0, 0.1) is 13.8 Å². The number of amides is 1. The molecule has 0 atom stereocenters. The lowest BCUT2D eigenvalue weighted by atomic mass is 10.2. The maximum Gasteiger partial charge on any atom is 0.230 e. The van der Waals surface area contributed by atoms with E-state index in [1.54, 1.807) is 25.6 Å². The van der Waals surface area contributed by atoms with Gasteiger partial charge in [-0.2, -0.15) is 0 Å². The number of aromatic nitrogens is 3. The fourth-order valence-corrected chi connectivity index (χ4v) is 2.50. The van der Waals surface area contributed by atoms with Crippen LogP contribution in [0.15, 0.2) is 48.8 Å². The Hall–Kier alpha value is -3.15. The summed E-state index contributed by atoms with van der Waals surface area (Å²) in [5, 5.41) is 2.88. The van der Waals surface area contributed by atoms with E-state index in [1.807, 2.05) is 48.7 Å². The highest BCUT2D eigenvalue weighted by molar-refractivity contribution is 5.92. The van der Waals surface area contributed by atoms with Crippen LogP contribution in [0.25, 0.3) is 5.69 Å². The second-order valence-corrected chi connectivity index (χ2v) is 5.73. The third-order valence-electron chi connectivity index (χ3n) is 4.01. The van der Waals surface area contributed by atoms with E-state index in [9.17, 15) is 4.79 Å². The molecule has 0 fully saturated rings. The summed E-state index contributed by atoms with van der Waals surface area (Å²) in [7, 11) is 1.55. The maximum absolute atomic E-state index is 12.2. The first-order valence-corrected chi connectivity index (χ1v) is 7.97. The van der Waals surface area contributed by atoms with Crippen molar-refractivity contribution in [3.63, 3.8) is 0 Å². The van der Waals surface area contributed by atoms with Crippen LogP contribution >= 0.6 is 0 Å². The summed E-state index contributed by atoms with van der Waals surface area (Å²) >= 11 is 0. The number of imidazole rings is 1. The minimum Gasteiger partial charge on any atom is -0.481 e. The molecular formula is C19H20N4O2. The second-order valence-electron chi connectivity index (χ2n) is 5.73. The molecule has 1 amide bonds. The minimum absolute atomic E-state index is 0.122. The van der Waals surface area contributed by atoms with Gasteiger partial charge in [0.05, 0.1) is 31.2 Å². The number of nitrogens with one attached hydrogen (secondary N) is 1. The van der Waals surface area contributed by atoms with Crippen molar-refractivity contribution < 1.29 is 9.53 Å². The number of hydrogen-bond donors (Lipinski definition) is 1. The van der Waals surface area contributed by atoms with Crippen molar-refractivity contribution in [2.45, 2.75) is 20.3 Å². The van der Waals surface area contributed by atoms with Crippen molar-refractivity contribution in [3.05, 3.63) is 65.9 Å². The molecule has 3 aromatic rings. The lowest BCUT2D eigenvalue weighted by molar-refractivity contribution is -0.115. The highest BCUT2D eigenvalue weighted by Gasteiger charge is 2.08. The Labute approximate surface area is 146 Å². The number of nitrogens with zero attached hydrogens (tertiary/aromatic N) is 3. The second kappa shape index (κ2) is 7.17. The topological polar surface area (TPSA) is 69.0 Å². The molecule has 0 aliphatic carbocycles. The molecule has 2 aromatic heterocycles. The van der Waals surface area contributed by atoms with Gasteiger partial charge < -0.3 is 14.6 Å². The van der Waals surface area contributed by atoms with Crippen LogP contribution in [0.5, 0.6) is 5.88 Å². The summed E-state index contributed by atoms with van der Waals surface area (Å²) in [6.45, 7) is 4.01. The van der Waals surface area contributed by atoms with Gasteiger partial charge in [-0.1, -0.05) is 6.07 Å². The molecule has 0 bridgehead atoms. The summed E-state index contributed by atoms with van der Waals surface area (Å²) in [6.07, 6.45) is 1.99. The van der Waals surface area contributed by atoms with Crippen LogP contribution in [0.1, 0.15) is 17.1 Å². The summed E-state index contributed by atoms with van der Waals surface area (Å²) in [5.74, 6) is 0.379. The number of aryl methyl sites for hydroxylation is 1. The zero-order chi connectivity index (χ0) is 17.8. The molecule has 0 saturated heterocycles. The maximum atomic E-state index is 12.2. The van der Waals surface area contributed by atoms with E-state index in [0.717, 1.165) is 22.8 Å². The normalized spacial score (nSPS) is 10.5. The molecule has 0 radical (unpaired) electrons. The average molecular weight is 336 g/mol. The van der Waals surface area contributed by atoms with Gasteiger partial charge in [0.25, 0.3) is 0 Å².